The van der Waals surface area contributed by atoms with Crippen molar-refractivity contribution >= 4 is 17.4 Å². The quantitative estimate of drug-likeness (QED) is 0.494. The predicted octanol–water partition coefficient (Wildman–Crippen LogP) is 2.84. The van der Waals surface area contributed by atoms with E-state index in [1.165, 1.54) is 13.0 Å². The molecule has 68 valence electrons. The Bertz CT molecular complexity index is 211. The molecule has 0 aromatic carbocycles. The molecule has 0 N–H and O–H groups in total. The summed E-state index contributed by atoms with van der Waals surface area (Å²) in [5.74, 6) is -0.108. The van der Waals surface area contributed by atoms with Gasteiger partial charge in [0.15, 0.2) is 10.9 Å². The highest BCUT2D eigenvalue weighted by Crippen LogP contribution is 2.47. The lowest BCUT2D eigenvalue weighted by atomic mass is 9.80. The molecule has 1 aliphatic rings. The Hall–Kier alpha value is -0.370. The van der Waals surface area contributed by atoms with Crippen LogP contribution in [-0.4, -0.2) is 10.9 Å². The molecule has 0 spiro atoms. The van der Waals surface area contributed by atoms with E-state index in [2.05, 4.69) is 0 Å². The fraction of sp³-hybridized carbons (Fsp3) is 0.667. The molecule has 0 aromatic rings. The van der Waals surface area contributed by atoms with Crippen LogP contribution < -0.4 is 0 Å². The zero-order chi connectivity index (χ0) is 9.19. The summed E-state index contributed by atoms with van der Waals surface area (Å²) in [4.78, 5) is 10.5. The van der Waals surface area contributed by atoms with E-state index in [1.807, 2.05) is 0 Å². The summed E-state index contributed by atoms with van der Waals surface area (Å²) in [6, 6.07) is 0. The molecular formula is C9H12ClFO. The first-order chi connectivity index (χ1) is 5.52. The Labute approximate surface area is 76.6 Å². The van der Waals surface area contributed by atoms with Crippen molar-refractivity contribution < 1.29 is 9.18 Å². The zero-order valence-corrected chi connectivity index (χ0v) is 7.77. The van der Waals surface area contributed by atoms with Crippen LogP contribution in [0.5, 0.6) is 0 Å². The minimum absolute atomic E-state index is 0.00615. The maximum Gasteiger partial charge on any atom is 0.186 e. The van der Waals surface area contributed by atoms with Crippen LogP contribution in [-0.2, 0) is 4.79 Å². The van der Waals surface area contributed by atoms with Crippen LogP contribution in [0.4, 0.5) is 4.39 Å². The molecule has 1 aliphatic carbocycles. The normalized spacial score (nSPS) is 35.1. The van der Waals surface area contributed by atoms with Crippen LogP contribution in [0, 0.1) is 5.92 Å². The lowest BCUT2D eigenvalue weighted by Crippen LogP contribution is -2.37. The van der Waals surface area contributed by atoms with Crippen molar-refractivity contribution in [3.63, 3.8) is 0 Å². The summed E-state index contributed by atoms with van der Waals surface area (Å²) in [6.07, 6.45) is 4.99. The second-order valence-electron chi connectivity index (χ2n) is 3.25. The topological polar surface area (TPSA) is 17.1 Å². The van der Waals surface area contributed by atoms with E-state index in [0.717, 1.165) is 6.42 Å². The van der Waals surface area contributed by atoms with Crippen LogP contribution in [0.25, 0.3) is 0 Å². The molecule has 0 amide bonds. The minimum atomic E-state index is -1.51. The number of hydrogen-bond acceptors (Lipinski definition) is 1. The van der Waals surface area contributed by atoms with Crippen molar-refractivity contribution in [3.8, 4) is 0 Å². The highest BCUT2D eigenvalue weighted by atomic mass is 35.5. The van der Waals surface area contributed by atoms with E-state index in [9.17, 15) is 9.18 Å². The molecule has 12 heavy (non-hydrogen) atoms. The maximum atomic E-state index is 13.0. The molecule has 3 heteroatoms. The van der Waals surface area contributed by atoms with Gasteiger partial charge in [0, 0.05) is 5.92 Å². The molecule has 2 atom stereocenters. The third-order valence-corrected chi connectivity index (χ3v) is 2.69. The monoisotopic (exact) mass is 190 g/mol. The van der Waals surface area contributed by atoms with E-state index < -0.39 is 5.13 Å². The fourth-order valence-corrected chi connectivity index (χ4v) is 1.56. The number of carbonyl (C=O) groups is 1. The van der Waals surface area contributed by atoms with Crippen molar-refractivity contribution in [1.29, 1.82) is 0 Å². The number of rotatable bonds is 3. The van der Waals surface area contributed by atoms with Gasteiger partial charge in [0.05, 0.1) is 0 Å². The van der Waals surface area contributed by atoms with Gasteiger partial charge in [-0.25, -0.2) is 4.39 Å². The first-order valence-electron chi connectivity index (χ1n) is 4.07. The van der Waals surface area contributed by atoms with Gasteiger partial charge in [0.1, 0.15) is 0 Å². The highest BCUT2D eigenvalue weighted by Gasteiger charge is 2.44. The van der Waals surface area contributed by atoms with Gasteiger partial charge in [-0.15, -0.1) is 0 Å². The fourth-order valence-electron chi connectivity index (χ4n) is 1.26. The third-order valence-electron chi connectivity index (χ3n) is 2.20. The third kappa shape index (κ3) is 2.31. The lowest BCUT2D eigenvalue weighted by Gasteiger charge is -2.37. The van der Waals surface area contributed by atoms with Gasteiger partial charge in [-0.2, -0.15) is 0 Å². The van der Waals surface area contributed by atoms with E-state index in [1.54, 1.807) is 6.08 Å². The van der Waals surface area contributed by atoms with Crippen molar-refractivity contribution in [2.45, 2.75) is 31.3 Å². The first-order valence-corrected chi connectivity index (χ1v) is 4.45. The second-order valence-corrected chi connectivity index (χ2v) is 3.87. The number of carbonyl (C=O) groups excluding carboxylic acids is 1. The molecule has 0 heterocycles. The molecule has 0 radical (unpaired) electrons. The Morgan fingerprint density at radius 2 is 2.50 bits per heavy atom. The molecule has 0 saturated heterocycles. The lowest BCUT2D eigenvalue weighted by molar-refractivity contribution is -0.112. The molecule has 0 bridgehead atoms. The number of hydrogen-bond donors (Lipinski definition) is 0. The molecule has 0 aromatic heterocycles. The highest BCUT2D eigenvalue weighted by molar-refractivity contribution is 6.23. The Balaban J connectivity index is 2.29. The van der Waals surface area contributed by atoms with E-state index >= 15 is 0 Å². The van der Waals surface area contributed by atoms with Crippen molar-refractivity contribution in [1.82, 2.24) is 0 Å². The average molecular weight is 191 g/mol. The Morgan fingerprint density at radius 1 is 1.83 bits per heavy atom. The SMILES string of the molecule is CC(=O)/C=C/CC1CCC1(F)Cl. The first kappa shape index (κ1) is 9.72. The zero-order valence-electron chi connectivity index (χ0n) is 7.02. The molecule has 0 aliphatic heterocycles. The molecule has 1 nitrogen and oxygen atoms in total. The van der Waals surface area contributed by atoms with Gasteiger partial charge in [-0.05, 0) is 32.3 Å². The summed E-state index contributed by atoms with van der Waals surface area (Å²) in [5.41, 5.74) is 0. The van der Waals surface area contributed by atoms with E-state index in [4.69, 9.17) is 11.6 Å². The second kappa shape index (κ2) is 3.56. The van der Waals surface area contributed by atoms with Crippen LogP contribution in [0.1, 0.15) is 26.2 Å². The molecule has 1 saturated carbocycles. The van der Waals surface area contributed by atoms with Gasteiger partial charge in [0.2, 0.25) is 0 Å². The average Bonchev–Trinajstić information content (AvgIpc) is 1.95. The predicted molar refractivity (Wildman–Crippen MR) is 46.9 cm³/mol. The van der Waals surface area contributed by atoms with Crippen molar-refractivity contribution in [2.75, 3.05) is 0 Å². The van der Waals surface area contributed by atoms with Crippen LogP contribution in [0.2, 0.25) is 0 Å². The Morgan fingerprint density at radius 3 is 2.83 bits per heavy atom. The van der Waals surface area contributed by atoms with Gasteiger partial charge >= 0.3 is 0 Å². The number of ketones is 1. The Kier molecular flexibility index (Phi) is 2.89. The van der Waals surface area contributed by atoms with Crippen LogP contribution in [0.15, 0.2) is 12.2 Å². The number of alkyl halides is 2. The summed E-state index contributed by atoms with van der Waals surface area (Å²) in [5, 5.41) is -1.51. The van der Waals surface area contributed by atoms with Crippen LogP contribution in [0.3, 0.4) is 0 Å². The molecule has 1 fully saturated rings. The summed E-state index contributed by atoms with van der Waals surface area (Å²) >= 11 is 5.50. The van der Waals surface area contributed by atoms with Gasteiger partial charge < -0.3 is 0 Å². The standard InChI is InChI=1S/C9H12ClFO/c1-7(12)3-2-4-8-5-6-9(8,10)11/h2-3,8H,4-6H2,1H3/b3-2+. The molecule has 2 unspecified atom stereocenters. The summed E-state index contributed by atoms with van der Waals surface area (Å²) in [7, 11) is 0. The molecular weight excluding hydrogens is 179 g/mol. The van der Waals surface area contributed by atoms with Crippen LogP contribution >= 0.6 is 11.6 Å². The van der Waals surface area contributed by atoms with E-state index in [-0.39, 0.29) is 11.7 Å². The van der Waals surface area contributed by atoms with E-state index in [0.29, 0.717) is 12.8 Å². The van der Waals surface area contributed by atoms with Gasteiger partial charge in [-0.1, -0.05) is 17.7 Å². The largest absolute Gasteiger partial charge is 0.295 e. The van der Waals surface area contributed by atoms with Gasteiger partial charge in [0.25, 0.3) is 0 Å². The summed E-state index contributed by atoms with van der Waals surface area (Å²) < 4.78 is 13.0. The smallest absolute Gasteiger partial charge is 0.186 e. The summed E-state index contributed by atoms with van der Waals surface area (Å²) in [6.45, 7) is 1.47. The number of allylic oxidation sites excluding steroid dienone is 2. The molecule has 1 rings (SSSR count). The number of halogens is 2. The van der Waals surface area contributed by atoms with Crippen molar-refractivity contribution in [3.05, 3.63) is 12.2 Å². The van der Waals surface area contributed by atoms with Gasteiger partial charge in [-0.3, -0.25) is 4.79 Å². The maximum absolute atomic E-state index is 13.0. The van der Waals surface area contributed by atoms with Crippen molar-refractivity contribution in [2.24, 2.45) is 5.92 Å². The minimum Gasteiger partial charge on any atom is -0.295 e.